The normalized spacial score (nSPS) is 19.3. The smallest absolute Gasteiger partial charge is 0.286 e. The molecular weight excluding hydrogens is 357 g/mol. The molecule has 0 bridgehead atoms. The molecule has 5 nitrogen and oxygen atoms in total. The van der Waals surface area contributed by atoms with Gasteiger partial charge in [0, 0.05) is 5.56 Å². The van der Waals surface area contributed by atoms with Crippen molar-refractivity contribution in [3.05, 3.63) is 65.5 Å². The van der Waals surface area contributed by atoms with Crippen LogP contribution in [0.4, 0.5) is 9.18 Å². The molecule has 1 heterocycles. The zero-order valence-electron chi connectivity index (χ0n) is 14.0. The van der Waals surface area contributed by atoms with E-state index in [4.69, 9.17) is 4.74 Å². The minimum atomic E-state index is -0.827. The highest BCUT2D eigenvalue weighted by molar-refractivity contribution is 8.16. The number of amides is 2. The molecule has 0 radical (unpaired) electrons. The average molecular weight is 373 g/mol. The molecule has 134 valence electrons. The second kappa shape index (κ2) is 7.29. The number of benzene rings is 2. The topological polar surface area (TPSA) is 72.5 Å². The van der Waals surface area contributed by atoms with Crippen LogP contribution in [0.15, 0.2) is 48.5 Å². The summed E-state index contributed by atoms with van der Waals surface area (Å²) in [5.74, 6) is -0.601. The summed E-state index contributed by atoms with van der Waals surface area (Å²) in [4.78, 5) is 35.2. The second-order valence-electron chi connectivity index (χ2n) is 6.12. The zero-order valence-corrected chi connectivity index (χ0v) is 14.8. The van der Waals surface area contributed by atoms with Gasteiger partial charge in [0.15, 0.2) is 12.4 Å². The van der Waals surface area contributed by atoms with Crippen molar-refractivity contribution in [2.45, 2.75) is 18.1 Å². The Bertz CT molecular complexity index is 868. The van der Waals surface area contributed by atoms with Gasteiger partial charge in [0.25, 0.3) is 5.24 Å². The van der Waals surface area contributed by atoms with E-state index in [1.807, 2.05) is 0 Å². The largest absolute Gasteiger partial charge is 0.485 e. The van der Waals surface area contributed by atoms with Crippen LogP contribution >= 0.6 is 11.8 Å². The Kier molecular flexibility index (Phi) is 5.08. The van der Waals surface area contributed by atoms with Crippen molar-refractivity contribution >= 4 is 28.7 Å². The van der Waals surface area contributed by atoms with Gasteiger partial charge in [-0.05, 0) is 54.9 Å². The fraction of sp³-hybridized carbons (Fsp3) is 0.211. The molecule has 1 fully saturated rings. The molecule has 1 aliphatic heterocycles. The number of thioether (sulfide) groups is 1. The van der Waals surface area contributed by atoms with Gasteiger partial charge < -0.3 is 4.74 Å². The summed E-state index contributed by atoms with van der Waals surface area (Å²) < 4.78 is 17.8. The van der Waals surface area contributed by atoms with Crippen LogP contribution in [0.2, 0.25) is 0 Å². The van der Waals surface area contributed by atoms with Gasteiger partial charge in [0.2, 0.25) is 5.91 Å². The maximum Gasteiger partial charge on any atom is 0.286 e. The van der Waals surface area contributed by atoms with Gasteiger partial charge in [0.05, 0.1) is 0 Å². The molecule has 0 saturated carbocycles. The highest BCUT2D eigenvalue weighted by atomic mass is 32.2. The third kappa shape index (κ3) is 4.11. The highest BCUT2D eigenvalue weighted by Gasteiger charge is 2.43. The fourth-order valence-corrected chi connectivity index (χ4v) is 3.54. The van der Waals surface area contributed by atoms with Crippen molar-refractivity contribution in [1.29, 1.82) is 0 Å². The number of carbonyl (C=O) groups is 3. The van der Waals surface area contributed by atoms with Crippen molar-refractivity contribution in [2.24, 2.45) is 0 Å². The molecule has 2 aromatic rings. The lowest BCUT2D eigenvalue weighted by atomic mass is 9.99. The van der Waals surface area contributed by atoms with E-state index in [0.717, 1.165) is 17.3 Å². The SMILES string of the molecule is C[C@@]1(Cc2ccc(OCC(=O)c3cccc(F)c3)cc2)SC(=O)NC1=O. The molecule has 0 aromatic heterocycles. The van der Waals surface area contributed by atoms with Crippen molar-refractivity contribution in [2.75, 3.05) is 6.61 Å². The maximum absolute atomic E-state index is 13.1. The molecule has 7 heteroatoms. The minimum absolute atomic E-state index is 0.201. The Morgan fingerprint density at radius 2 is 1.92 bits per heavy atom. The molecule has 3 rings (SSSR count). The number of carbonyl (C=O) groups excluding carboxylic acids is 3. The van der Waals surface area contributed by atoms with Gasteiger partial charge in [-0.2, -0.15) is 0 Å². The van der Waals surface area contributed by atoms with Crippen molar-refractivity contribution in [3.63, 3.8) is 0 Å². The molecule has 2 aromatic carbocycles. The number of ketones is 1. The van der Waals surface area contributed by atoms with E-state index < -0.39 is 10.6 Å². The number of hydrogen-bond acceptors (Lipinski definition) is 5. The predicted molar refractivity (Wildman–Crippen MR) is 95.9 cm³/mol. The highest BCUT2D eigenvalue weighted by Crippen LogP contribution is 2.34. The Morgan fingerprint density at radius 3 is 2.54 bits per heavy atom. The molecule has 1 aliphatic rings. The van der Waals surface area contributed by atoms with Crippen molar-refractivity contribution in [1.82, 2.24) is 5.32 Å². The van der Waals surface area contributed by atoms with Crippen molar-refractivity contribution in [3.8, 4) is 5.75 Å². The van der Waals surface area contributed by atoms with E-state index in [9.17, 15) is 18.8 Å². The summed E-state index contributed by atoms with van der Waals surface area (Å²) in [6.45, 7) is 1.52. The minimum Gasteiger partial charge on any atom is -0.485 e. The van der Waals surface area contributed by atoms with Gasteiger partial charge >= 0.3 is 0 Å². The first-order valence-corrected chi connectivity index (χ1v) is 8.72. The maximum atomic E-state index is 13.1. The molecule has 1 N–H and O–H groups in total. The van der Waals surface area contributed by atoms with Gasteiger partial charge in [-0.25, -0.2) is 4.39 Å². The summed E-state index contributed by atoms with van der Waals surface area (Å²) >= 11 is 0.982. The van der Waals surface area contributed by atoms with Crippen LogP contribution in [0, 0.1) is 5.82 Å². The zero-order chi connectivity index (χ0) is 18.7. The Hall–Kier alpha value is -2.67. The first-order chi connectivity index (χ1) is 12.4. The van der Waals surface area contributed by atoms with Gasteiger partial charge in [-0.1, -0.05) is 24.3 Å². The van der Waals surface area contributed by atoms with Gasteiger partial charge in [0.1, 0.15) is 16.3 Å². The molecule has 1 atom stereocenters. The summed E-state index contributed by atoms with van der Waals surface area (Å²) in [5, 5.41) is 1.95. The lowest BCUT2D eigenvalue weighted by molar-refractivity contribution is -0.121. The molecule has 0 aliphatic carbocycles. The fourth-order valence-electron chi connectivity index (χ4n) is 2.60. The van der Waals surface area contributed by atoms with Crippen LogP contribution in [-0.2, 0) is 11.2 Å². The summed E-state index contributed by atoms with van der Waals surface area (Å²) in [6, 6.07) is 12.4. The molecular formula is C19H16FNO4S. The summed E-state index contributed by atoms with van der Waals surface area (Å²) in [7, 11) is 0. The van der Waals surface area contributed by atoms with Crippen molar-refractivity contribution < 1.29 is 23.5 Å². The molecule has 26 heavy (non-hydrogen) atoms. The van der Waals surface area contributed by atoms with Crippen LogP contribution in [0.3, 0.4) is 0 Å². The monoisotopic (exact) mass is 373 g/mol. The lowest BCUT2D eigenvalue weighted by Gasteiger charge is -2.18. The number of Topliss-reactive ketones (excluding diaryl/α,β-unsaturated/α-hetero) is 1. The number of ether oxygens (including phenoxy) is 1. The van der Waals surface area contributed by atoms with E-state index >= 15 is 0 Å². The first kappa shape index (κ1) is 18.1. The molecule has 2 amide bonds. The average Bonchev–Trinajstić information content (AvgIpc) is 2.85. The van der Waals surface area contributed by atoms with Crippen LogP contribution in [0.1, 0.15) is 22.8 Å². The lowest BCUT2D eigenvalue weighted by Crippen LogP contribution is -2.35. The Balaban J connectivity index is 1.59. The van der Waals surface area contributed by atoms with E-state index in [-0.39, 0.29) is 29.1 Å². The Labute approximate surface area is 153 Å². The molecule has 1 saturated heterocycles. The summed E-state index contributed by atoms with van der Waals surface area (Å²) in [6.07, 6.45) is 0.401. The number of rotatable bonds is 6. The van der Waals surface area contributed by atoms with E-state index in [0.29, 0.717) is 12.2 Å². The number of imide groups is 1. The van der Waals surface area contributed by atoms with Crippen LogP contribution < -0.4 is 10.1 Å². The first-order valence-electron chi connectivity index (χ1n) is 7.91. The van der Waals surface area contributed by atoms with Gasteiger partial charge in [-0.3, -0.25) is 19.7 Å². The van der Waals surface area contributed by atoms with Crippen LogP contribution in [0.5, 0.6) is 5.75 Å². The molecule has 0 unspecified atom stereocenters. The quantitative estimate of drug-likeness (QED) is 0.786. The molecule has 0 spiro atoms. The van der Waals surface area contributed by atoms with E-state index in [1.165, 1.54) is 24.3 Å². The number of nitrogens with one attached hydrogen (secondary N) is 1. The standard InChI is InChI=1S/C19H16FNO4S/c1-19(17(23)21-18(24)26-19)10-12-5-7-15(8-6-12)25-11-16(22)13-3-2-4-14(20)9-13/h2-9H,10-11H2,1H3,(H,21,23,24)/t19-/m0/s1. The third-order valence-electron chi connectivity index (χ3n) is 4.00. The van der Waals surface area contributed by atoms with Crippen LogP contribution in [-0.4, -0.2) is 28.3 Å². The number of hydrogen-bond donors (Lipinski definition) is 1. The van der Waals surface area contributed by atoms with Gasteiger partial charge in [-0.15, -0.1) is 0 Å². The van der Waals surface area contributed by atoms with E-state index in [2.05, 4.69) is 5.32 Å². The number of halogens is 1. The predicted octanol–water partition coefficient (Wildman–Crippen LogP) is 3.37. The van der Waals surface area contributed by atoms with Crippen LogP contribution in [0.25, 0.3) is 0 Å². The second-order valence-corrected chi connectivity index (χ2v) is 7.59. The third-order valence-corrected chi connectivity index (χ3v) is 5.06. The Morgan fingerprint density at radius 1 is 1.19 bits per heavy atom. The van der Waals surface area contributed by atoms with E-state index in [1.54, 1.807) is 31.2 Å². The summed E-state index contributed by atoms with van der Waals surface area (Å²) in [5.41, 5.74) is 1.12.